The lowest BCUT2D eigenvalue weighted by molar-refractivity contribution is -0.131. The third-order valence-corrected chi connectivity index (χ3v) is 6.07. The van der Waals surface area contributed by atoms with E-state index in [4.69, 9.17) is 10.1 Å². The Hall–Kier alpha value is -2.93. The lowest BCUT2D eigenvalue weighted by atomic mass is 10.0. The molecule has 1 aromatic carbocycles. The van der Waals surface area contributed by atoms with Gasteiger partial charge >= 0.3 is 0 Å². The average Bonchev–Trinajstić information content (AvgIpc) is 3.31. The zero-order valence-electron chi connectivity index (χ0n) is 16.9. The molecule has 1 saturated heterocycles. The van der Waals surface area contributed by atoms with Gasteiger partial charge in [-0.1, -0.05) is 18.2 Å². The van der Waals surface area contributed by atoms with Crippen LogP contribution in [0.4, 0.5) is 5.82 Å². The summed E-state index contributed by atoms with van der Waals surface area (Å²) >= 11 is 0. The number of amides is 1. The number of benzene rings is 1. The molecule has 0 radical (unpaired) electrons. The minimum Gasteiger partial charge on any atom is -0.366 e. The van der Waals surface area contributed by atoms with Crippen molar-refractivity contribution in [2.75, 3.05) is 25.5 Å². The van der Waals surface area contributed by atoms with E-state index in [2.05, 4.69) is 28.8 Å². The van der Waals surface area contributed by atoms with Crippen LogP contribution in [0, 0.1) is 0 Å². The summed E-state index contributed by atoms with van der Waals surface area (Å²) in [4.78, 5) is 19.6. The smallest absolute Gasteiger partial charge is 0.239 e. The Balaban J connectivity index is 1.62. The molecule has 2 atom stereocenters. The third-order valence-electron chi connectivity index (χ3n) is 6.07. The number of anilines is 1. The van der Waals surface area contributed by atoms with Gasteiger partial charge in [0, 0.05) is 49.9 Å². The highest BCUT2D eigenvalue weighted by Crippen LogP contribution is 2.31. The summed E-state index contributed by atoms with van der Waals surface area (Å²) in [6.45, 7) is 1.49. The quantitative estimate of drug-likeness (QED) is 0.615. The number of carbonyl (C=O) groups excluding carboxylic acids is 1. The lowest BCUT2D eigenvalue weighted by Crippen LogP contribution is -2.42. The van der Waals surface area contributed by atoms with E-state index in [1.54, 1.807) is 0 Å². The van der Waals surface area contributed by atoms with E-state index in [9.17, 15) is 4.79 Å². The number of rotatable bonds is 0. The van der Waals surface area contributed by atoms with Crippen LogP contribution >= 0.6 is 0 Å². The first-order valence-electron chi connectivity index (χ1n) is 10.3. The van der Waals surface area contributed by atoms with Gasteiger partial charge in [0.2, 0.25) is 5.91 Å². The summed E-state index contributed by atoms with van der Waals surface area (Å²) < 4.78 is 1.97. The Labute approximate surface area is 170 Å². The summed E-state index contributed by atoms with van der Waals surface area (Å²) in [5, 5.41) is 12.8. The van der Waals surface area contributed by atoms with Crippen LogP contribution in [0.3, 0.4) is 0 Å². The number of aryl methyl sites for hydroxylation is 2. The van der Waals surface area contributed by atoms with Crippen molar-refractivity contribution in [1.29, 1.82) is 0 Å². The molecular weight excluding hydrogens is 364 g/mol. The van der Waals surface area contributed by atoms with Crippen molar-refractivity contribution in [2.45, 2.75) is 31.3 Å². The minimum absolute atomic E-state index is 0.133. The van der Waals surface area contributed by atoms with Crippen LogP contribution in [0.1, 0.15) is 18.5 Å². The summed E-state index contributed by atoms with van der Waals surface area (Å²) in [6, 6.07) is 12.4. The highest BCUT2D eigenvalue weighted by molar-refractivity contribution is 5.96. The second-order valence-electron chi connectivity index (χ2n) is 8.08. The fourth-order valence-corrected chi connectivity index (χ4v) is 4.58. The van der Waals surface area contributed by atoms with Gasteiger partial charge in [-0.05, 0) is 37.5 Å². The van der Waals surface area contributed by atoms with E-state index in [1.165, 1.54) is 5.69 Å². The third kappa shape index (κ3) is 3.25. The van der Waals surface area contributed by atoms with Crippen LogP contribution < -0.4 is 10.6 Å². The molecule has 1 amide bonds. The van der Waals surface area contributed by atoms with Crippen molar-refractivity contribution in [1.82, 2.24) is 25.0 Å². The molecule has 2 aromatic heterocycles. The predicted octanol–water partition coefficient (Wildman–Crippen LogP) is 2.18. The summed E-state index contributed by atoms with van der Waals surface area (Å²) in [6.07, 6.45) is 2.53. The van der Waals surface area contributed by atoms with E-state index in [1.807, 2.05) is 41.9 Å². The predicted molar refractivity (Wildman–Crippen MR) is 114 cm³/mol. The van der Waals surface area contributed by atoms with Crippen LogP contribution in [0.25, 0.3) is 22.2 Å². The summed E-state index contributed by atoms with van der Waals surface area (Å²) in [5.41, 5.74) is 4.22. The summed E-state index contributed by atoms with van der Waals surface area (Å²) in [5.74, 6) is 1.01. The van der Waals surface area contributed by atoms with E-state index in [0.29, 0.717) is 0 Å². The zero-order valence-corrected chi connectivity index (χ0v) is 16.9. The molecule has 150 valence electrons. The fourth-order valence-electron chi connectivity index (χ4n) is 4.58. The van der Waals surface area contributed by atoms with Crippen molar-refractivity contribution in [2.24, 2.45) is 7.05 Å². The second kappa shape index (κ2) is 7.15. The van der Waals surface area contributed by atoms with Gasteiger partial charge in [-0.15, -0.1) is 0 Å². The number of pyridine rings is 1. The Morgan fingerprint density at radius 2 is 2.00 bits per heavy atom. The monoisotopic (exact) mass is 390 g/mol. The molecule has 2 aliphatic heterocycles. The SMILES string of the molecule is CN1CCCc2c3c(cccc3nn2C)-c2cccc(n2)N[C@@H]2CN[C@@H](C2)C1=O. The van der Waals surface area contributed by atoms with Crippen molar-refractivity contribution in [3.8, 4) is 11.3 Å². The first-order valence-corrected chi connectivity index (χ1v) is 10.3. The molecule has 2 aliphatic rings. The van der Waals surface area contributed by atoms with E-state index in [0.717, 1.165) is 60.3 Å². The molecule has 29 heavy (non-hydrogen) atoms. The summed E-state index contributed by atoms with van der Waals surface area (Å²) in [7, 11) is 3.90. The van der Waals surface area contributed by atoms with Gasteiger partial charge in [0.25, 0.3) is 0 Å². The van der Waals surface area contributed by atoms with E-state index < -0.39 is 0 Å². The van der Waals surface area contributed by atoms with Gasteiger partial charge in [-0.2, -0.15) is 5.10 Å². The molecule has 2 N–H and O–H groups in total. The topological polar surface area (TPSA) is 75.1 Å². The van der Waals surface area contributed by atoms with E-state index in [-0.39, 0.29) is 18.0 Å². The molecule has 7 heteroatoms. The van der Waals surface area contributed by atoms with Gasteiger partial charge < -0.3 is 15.5 Å². The number of likely N-dealkylation sites (N-methyl/N-ethyl adjacent to an activating group) is 1. The Bertz CT molecular complexity index is 1070. The van der Waals surface area contributed by atoms with Crippen LogP contribution in [-0.4, -0.2) is 57.8 Å². The van der Waals surface area contributed by atoms with E-state index >= 15 is 0 Å². The van der Waals surface area contributed by atoms with Crippen molar-refractivity contribution in [3.05, 3.63) is 42.1 Å². The van der Waals surface area contributed by atoms with Crippen molar-refractivity contribution in [3.63, 3.8) is 0 Å². The van der Waals surface area contributed by atoms with Crippen LogP contribution in [0.2, 0.25) is 0 Å². The van der Waals surface area contributed by atoms with Gasteiger partial charge in [-0.25, -0.2) is 4.98 Å². The normalized spacial score (nSPS) is 22.3. The number of hydrogen-bond donors (Lipinski definition) is 2. The van der Waals surface area contributed by atoms with Crippen LogP contribution in [0.15, 0.2) is 36.4 Å². The molecular formula is C22H26N6O. The largest absolute Gasteiger partial charge is 0.366 e. The number of nitrogens with zero attached hydrogens (tertiary/aromatic N) is 4. The average molecular weight is 390 g/mol. The molecule has 0 saturated carbocycles. The highest BCUT2D eigenvalue weighted by Gasteiger charge is 2.31. The Morgan fingerprint density at radius 3 is 2.90 bits per heavy atom. The van der Waals surface area contributed by atoms with Gasteiger partial charge in [0.05, 0.1) is 17.3 Å². The second-order valence-corrected chi connectivity index (χ2v) is 8.08. The highest BCUT2D eigenvalue weighted by atomic mass is 16.2. The number of aromatic nitrogens is 3. The maximum absolute atomic E-state index is 12.8. The van der Waals surface area contributed by atoms with Crippen LogP contribution in [-0.2, 0) is 18.3 Å². The van der Waals surface area contributed by atoms with Crippen molar-refractivity contribution < 1.29 is 4.79 Å². The molecule has 0 aliphatic carbocycles. The molecule has 7 nitrogen and oxygen atoms in total. The first-order chi connectivity index (χ1) is 14.1. The molecule has 0 unspecified atom stereocenters. The standard InChI is InChI=1S/C22H26N6O/c1-27-11-5-9-19-21-15(6-3-8-17(21)26-28(19)2)16-7-4-10-20(25-16)24-14-12-18(22(27)29)23-13-14/h3-4,6-8,10,14,18,23H,5,9,11-13H2,1-2H3,(H,24,25)/t14-,18-/m0/s1. The molecule has 4 bridgehead atoms. The number of hydrogen-bond acceptors (Lipinski definition) is 5. The minimum atomic E-state index is -0.133. The maximum Gasteiger partial charge on any atom is 0.239 e. The number of nitrogens with one attached hydrogen (secondary N) is 2. The van der Waals surface area contributed by atoms with Crippen molar-refractivity contribution >= 4 is 22.6 Å². The fraction of sp³-hybridized carbons (Fsp3) is 0.409. The van der Waals surface area contributed by atoms with Gasteiger partial charge in [0.1, 0.15) is 5.82 Å². The van der Waals surface area contributed by atoms with Crippen LogP contribution in [0.5, 0.6) is 0 Å². The molecule has 1 fully saturated rings. The number of carbonyl (C=O) groups is 1. The van der Waals surface area contributed by atoms with Gasteiger partial charge in [-0.3, -0.25) is 9.48 Å². The molecule has 4 heterocycles. The maximum atomic E-state index is 12.8. The lowest BCUT2D eigenvalue weighted by Gasteiger charge is -2.21. The van der Waals surface area contributed by atoms with Gasteiger partial charge in [0.15, 0.2) is 0 Å². The molecule has 5 rings (SSSR count). The Morgan fingerprint density at radius 1 is 1.14 bits per heavy atom. The number of fused-ring (bicyclic) bond motifs is 5. The Kier molecular flexibility index (Phi) is 4.47. The first kappa shape index (κ1) is 18.1. The zero-order chi connectivity index (χ0) is 20.0. The molecule has 3 aromatic rings. The molecule has 0 spiro atoms.